The van der Waals surface area contributed by atoms with Crippen LogP contribution in [-0.4, -0.2) is 84.5 Å². The van der Waals surface area contributed by atoms with Gasteiger partial charge in [-0.3, -0.25) is 14.5 Å². The Balaban J connectivity index is 1.04. The van der Waals surface area contributed by atoms with E-state index in [1.807, 2.05) is 60.7 Å². The Hall–Kier alpha value is -7.11. The first-order chi connectivity index (χ1) is 30.8. The predicted molar refractivity (Wildman–Crippen MR) is 240 cm³/mol. The number of allylic oxidation sites excluding steroid dienone is 2. The average molecular weight is 882 g/mol. The molecule has 6 aromatic rings. The second kappa shape index (κ2) is 19.3. The van der Waals surface area contributed by atoms with Gasteiger partial charge in [-0.1, -0.05) is 120 Å². The molecule has 0 radical (unpaired) electrons. The minimum atomic E-state index is -0.980. The number of hydrogen-bond acceptors (Lipinski definition) is 14. The highest BCUT2D eigenvalue weighted by Crippen LogP contribution is 2.42. The Labute approximate surface area is 371 Å². The fraction of sp³-hybridized carbons (Fsp3) is 0.217. The van der Waals surface area contributed by atoms with Crippen molar-refractivity contribution < 1.29 is 28.7 Å². The van der Waals surface area contributed by atoms with Crippen molar-refractivity contribution in [2.45, 2.75) is 44.0 Å². The molecule has 0 aliphatic carbocycles. The van der Waals surface area contributed by atoms with Gasteiger partial charge in [0.2, 0.25) is 0 Å². The maximum atomic E-state index is 14.2. The second-order valence-electron chi connectivity index (χ2n) is 14.3. The highest BCUT2D eigenvalue weighted by atomic mass is 32.2. The highest BCUT2D eigenvalue weighted by Gasteiger charge is 2.54. The van der Waals surface area contributed by atoms with Gasteiger partial charge in [0, 0.05) is 11.1 Å². The second-order valence-corrected chi connectivity index (χ2v) is 16.3. The number of thiazole rings is 1. The summed E-state index contributed by atoms with van der Waals surface area (Å²) in [4.78, 5) is 53.9. The van der Waals surface area contributed by atoms with Crippen LogP contribution >= 0.6 is 23.1 Å². The molecule has 15 nitrogen and oxygen atoms in total. The lowest BCUT2D eigenvalue weighted by atomic mass is 9.77. The van der Waals surface area contributed by atoms with Gasteiger partial charge < -0.3 is 24.9 Å². The van der Waals surface area contributed by atoms with Crippen molar-refractivity contribution >= 4 is 51.7 Å². The Bertz CT molecular complexity index is 2560. The van der Waals surface area contributed by atoms with Crippen molar-refractivity contribution in [2.75, 3.05) is 24.8 Å². The van der Waals surface area contributed by atoms with Gasteiger partial charge >= 0.3 is 5.97 Å². The number of amides is 2. The standard InChI is InChI=1S/C46H43N9O6S2/c1-4-61-51-38(37-29-63-45(47-37)49-46(33-16-8-5-9-17-33,34-18-10-6-11-19-34)35-20-12-7-13-21-35)41(56)48-39-42(57)55-40(44(58)60-27-31-22-24-36(59-3)25-23-31)32(28-62-43(39)55)15-14-26-54-30(2)50-52-53-54/h5-25,29,39,43H,4,26-28H2,1-3H3,(H,47,49)(H,48,56)/b15-14+,51-38?/t39?,43-/m1/s1. The van der Waals surface area contributed by atoms with E-state index in [2.05, 4.69) is 67.7 Å². The summed E-state index contributed by atoms with van der Waals surface area (Å²) in [6.07, 6.45) is 3.59. The third-order valence-electron chi connectivity index (χ3n) is 10.5. The SMILES string of the molecule is CCON=C(C(=O)NC1C(=O)N2C(C(=O)OCc3ccc(OC)cc3)=C(/C=C/Cn3nnnc3C)CS[C@H]12)c1csc(NC(c2ccccc2)(c2ccccc2)c2ccccc2)n1. The number of aryl methyl sites for hydroxylation is 1. The highest BCUT2D eigenvalue weighted by molar-refractivity contribution is 8.00. The van der Waals surface area contributed by atoms with E-state index in [1.54, 1.807) is 61.4 Å². The molecule has 2 amide bonds. The Kier molecular flexibility index (Phi) is 13.0. The molecule has 2 atom stereocenters. The van der Waals surface area contributed by atoms with E-state index in [9.17, 15) is 14.4 Å². The first-order valence-electron chi connectivity index (χ1n) is 20.1. The van der Waals surface area contributed by atoms with Gasteiger partial charge in [-0.15, -0.1) is 28.2 Å². The molecule has 2 aromatic heterocycles. The monoisotopic (exact) mass is 881 g/mol. The first-order valence-corrected chi connectivity index (χ1v) is 22.0. The molecule has 0 bridgehead atoms. The molecular weight excluding hydrogens is 839 g/mol. The van der Waals surface area contributed by atoms with Crippen molar-refractivity contribution in [2.24, 2.45) is 5.16 Å². The van der Waals surface area contributed by atoms with E-state index in [4.69, 9.17) is 19.3 Å². The number of nitrogens with one attached hydrogen (secondary N) is 2. The van der Waals surface area contributed by atoms with Crippen LogP contribution in [0.2, 0.25) is 0 Å². The molecule has 4 aromatic carbocycles. The number of hydrogen-bond donors (Lipinski definition) is 2. The largest absolute Gasteiger partial charge is 0.497 e. The molecule has 2 aliphatic rings. The molecule has 8 rings (SSSR count). The van der Waals surface area contributed by atoms with Gasteiger partial charge in [-0.05, 0) is 64.2 Å². The van der Waals surface area contributed by atoms with Crippen molar-refractivity contribution in [3.05, 3.63) is 178 Å². The van der Waals surface area contributed by atoms with Gasteiger partial charge in [-0.2, -0.15) is 0 Å². The third-order valence-corrected chi connectivity index (χ3v) is 12.5. The molecule has 63 heavy (non-hydrogen) atoms. The van der Waals surface area contributed by atoms with Gasteiger partial charge in [0.25, 0.3) is 11.8 Å². The van der Waals surface area contributed by atoms with Crippen LogP contribution in [0, 0.1) is 6.92 Å². The minimum absolute atomic E-state index is 0.0297. The van der Waals surface area contributed by atoms with Crippen LogP contribution in [0.1, 0.15) is 40.7 Å². The summed E-state index contributed by atoms with van der Waals surface area (Å²) < 4.78 is 12.6. The molecule has 2 aliphatic heterocycles. The van der Waals surface area contributed by atoms with Crippen LogP contribution in [0.15, 0.2) is 149 Å². The maximum absolute atomic E-state index is 14.2. The number of carbonyl (C=O) groups is 3. The first kappa shape index (κ1) is 42.6. The number of methoxy groups -OCH3 is 1. The molecule has 0 saturated carbocycles. The summed E-state index contributed by atoms with van der Waals surface area (Å²) in [5.41, 5.74) is 3.67. The van der Waals surface area contributed by atoms with E-state index in [-0.39, 0.29) is 30.3 Å². The van der Waals surface area contributed by atoms with Crippen LogP contribution in [0.3, 0.4) is 0 Å². The summed E-state index contributed by atoms with van der Waals surface area (Å²) >= 11 is 2.72. The molecule has 1 fully saturated rings. The smallest absolute Gasteiger partial charge is 0.355 e. The fourth-order valence-corrected chi connectivity index (χ4v) is 9.41. The number of β-lactam (4-membered cyclic amide) rings is 1. The summed E-state index contributed by atoms with van der Waals surface area (Å²) in [6.45, 7) is 4.05. The molecule has 4 heterocycles. The summed E-state index contributed by atoms with van der Waals surface area (Å²) in [6, 6.07) is 36.5. The van der Waals surface area contributed by atoms with Crippen LogP contribution in [-0.2, 0) is 42.6 Å². The Morgan fingerprint density at radius 3 is 2.17 bits per heavy atom. The quantitative estimate of drug-likeness (QED) is 0.0347. The lowest BCUT2D eigenvalue weighted by Gasteiger charge is -2.49. The van der Waals surface area contributed by atoms with E-state index >= 15 is 0 Å². The van der Waals surface area contributed by atoms with Gasteiger partial charge in [0.1, 0.15) is 53.1 Å². The summed E-state index contributed by atoms with van der Waals surface area (Å²) in [5, 5.41) is 24.0. The number of aromatic nitrogens is 5. The van der Waals surface area contributed by atoms with Crippen molar-refractivity contribution in [1.82, 2.24) is 35.4 Å². The zero-order valence-corrected chi connectivity index (χ0v) is 36.2. The average Bonchev–Trinajstić information content (AvgIpc) is 3.97. The van der Waals surface area contributed by atoms with Crippen molar-refractivity contribution in [3.8, 4) is 5.75 Å². The number of tetrazole rings is 1. The number of benzene rings is 4. The molecule has 1 unspecified atom stereocenters. The third kappa shape index (κ3) is 8.96. The van der Waals surface area contributed by atoms with E-state index in [1.165, 1.54) is 28.0 Å². The molecular formula is C46H43N9O6S2. The molecule has 0 spiro atoms. The molecule has 1 saturated heterocycles. The zero-order valence-electron chi connectivity index (χ0n) is 34.6. The number of nitrogens with zero attached hydrogens (tertiary/aromatic N) is 7. The summed E-state index contributed by atoms with van der Waals surface area (Å²) in [5.74, 6) is -0.165. The topological polar surface area (TPSA) is 175 Å². The maximum Gasteiger partial charge on any atom is 0.355 e. The number of oxime groups is 1. The zero-order chi connectivity index (χ0) is 43.8. The fourth-order valence-electron chi connectivity index (χ4n) is 7.34. The number of anilines is 1. The number of ether oxygens (including phenoxy) is 2. The van der Waals surface area contributed by atoms with Gasteiger partial charge in [0.15, 0.2) is 10.8 Å². The van der Waals surface area contributed by atoms with E-state index < -0.39 is 34.7 Å². The van der Waals surface area contributed by atoms with Gasteiger partial charge in [-0.25, -0.2) is 14.5 Å². The normalized spacial score (nSPS) is 16.3. The van der Waals surface area contributed by atoms with Crippen LogP contribution in [0.25, 0.3) is 0 Å². The number of esters is 1. The minimum Gasteiger partial charge on any atom is -0.497 e. The van der Waals surface area contributed by atoms with Crippen LogP contribution < -0.4 is 15.4 Å². The lowest BCUT2D eigenvalue weighted by Crippen LogP contribution is -2.71. The number of fused-ring (bicyclic) bond motifs is 1. The Morgan fingerprint density at radius 1 is 0.937 bits per heavy atom. The van der Waals surface area contributed by atoms with Crippen molar-refractivity contribution in [3.63, 3.8) is 0 Å². The number of carbonyl (C=O) groups excluding carboxylic acids is 3. The van der Waals surface area contributed by atoms with E-state index in [0.717, 1.165) is 22.3 Å². The molecule has 2 N–H and O–H groups in total. The summed E-state index contributed by atoms with van der Waals surface area (Å²) in [7, 11) is 1.57. The number of thioether (sulfide) groups is 1. The lowest BCUT2D eigenvalue weighted by molar-refractivity contribution is -0.153. The van der Waals surface area contributed by atoms with E-state index in [0.29, 0.717) is 34.6 Å². The number of rotatable bonds is 17. The molecule has 17 heteroatoms. The van der Waals surface area contributed by atoms with Crippen LogP contribution in [0.4, 0.5) is 5.13 Å². The molecule has 320 valence electrons. The predicted octanol–water partition coefficient (Wildman–Crippen LogP) is 6.25. The Morgan fingerprint density at radius 2 is 1.59 bits per heavy atom. The van der Waals surface area contributed by atoms with Crippen LogP contribution in [0.5, 0.6) is 5.75 Å². The van der Waals surface area contributed by atoms with Gasteiger partial charge in [0.05, 0.1) is 13.7 Å². The van der Waals surface area contributed by atoms with Crippen molar-refractivity contribution in [1.29, 1.82) is 0 Å².